The van der Waals surface area contributed by atoms with E-state index in [1.165, 1.54) is 0 Å². The van der Waals surface area contributed by atoms with Crippen molar-refractivity contribution in [3.05, 3.63) is 17.0 Å². The Bertz CT molecular complexity index is 381. The summed E-state index contributed by atoms with van der Waals surface area (Å²) in [5.41, 5.74) is 8.47. The van der Waals surface area contributed by atoms with Gasteiger partial charge in [-0.3, -0.25) is 9.48 Å². The first-order valence-corrected chi connectivity index (χ1v) is 5.01. The maximum absolute atomic E-state index is 11.8. The van der Waals surface area contributed by atoms with Gasteiger partial charge in [-0.25, -0.2) is 0 Å². The SMILES string of the molecule is CCc1nn2c(c1C)C(=O)C(N)CC2. The lowest BCUT2D eigenvalue weighted by atomic mass is 10.00. The quantitative estimate of drug-likeness (QED) is 0.713. The van der Waals surface area contributed by atoms with E-state index < -0.39 is 0 Å². The number of nitrogens with two attached hydrogens (primary N) is 1. The van der Waals surface area contributed by atoms with E-state index in [1.807, 2.05) is 13.8 Å². The molecule has 0 radical (unpaired) electrons. The second-order valence-electron chi connectivity index (χ2n) is 3.76. The Morgan fingerprint density at radius 1 is 1.64 bits per heavy atom. The first-order valence-electron chi connectivity index (χ1n) is 5.01. The summed E-state index contributed by atoms with van der Waals surface area (Å²) in [6.45, 7) is 4.77. The molecule has 0 bridgehead atoms. The molecular formula is C10H15N3O. The molecule has 0 fully saturated rings. The fraction of sp³-hybridized carbons (Fsp3) is 0.600. The van der Waals surface area contributed by atoms with Gasteiger partial charge in [0, 0.05) is 12.1 Å². The summed E-state index contributed by atoms with van der Waals surface area (Å²) in [7, 11) is 0. The van der Waals surface area contributed by atoms with Crippen molar-refractivity contribution in [1.82, 2.24) is 9.78 Å². The van der Waals surface area contributed by atoms with Crippen molar-refractivity contribution < 1.29 is 4.79 Å². The van der Waals surface area contributed by atoms with Crippen LogP contribution >= 0.6 is 0 Å². The van der Waals surface area contributed by atoms with Gasteiger partial charge in [0.15, 0.2) is 5.78 Å². The summed E-state index contributed by atoms with van der Waals surface area (Å²) in [4.78, 5) is 11.8. The maximum Gasteiger partial charge on any atom is 0.197 e. The third-order valence-corrected chi connectivity index (χ3v) is 2.84. The number of Topliss-reactive ketones (excluding diaryl/α,β-unsaturated/α-hetero) is 1. The van der Waals surface area contributed by atoms with E-state index in [4.69, 9.17) is 5.73 Å². The molecule has 0 aromatic carbocycles. The Kier molecular flexibility index (Phi) is 2.15. The summed E-state index contributed by atoms with van der Waals surface area (Å²) in [5.74, 6) is 0.0425. The molecule has 1 atom stereocenters. The number of carbonyl (C=O) groups is 1. The zero-order valence-electron chi connectivity index (χ0n) is 8.58. The highest BCUT2D eigenvalue weighted by Gasteiger charge is 2.28. The smallest absolute Gasteiger partial charge is 0.197 e. The van der Waals surface area contributed by atoms with Crippen molar-refractivity contribution in [3.63, 3.8) is 0 Å². The summed E-state index contributed by atoms with van der Waals surface area (Å²) in [6, 6.07) is -0.331. The van der Waals surface area contributed by atoms with E-state index in [0.717, 1.165) is 29.9 Å². The highest BCUT2D eigenvalue weighted by Crippen LogP contribution is 2.20. The third-order valence-electron chi connectivity index (χ3n) is 2.84. The van der Waals surface area contributed by atoms with Gasteiger partial charge in [-0.2, -0.15) is 5.10 Å². The van der Waals surface area contributed by atoms with Crippen LogP contribution in [-0.2, 0) is 13.0 Å². The zero-order chi connectivity index (χ0) is 10.3. The lowest BCUT2D eigenvalue weighted by Gasteiger charge is -2.18. The molecule has 0 amide bonds. The molecule has 2 heterocycles. The van der Waals surface area contributed by atoms with E-state index in [0.29, 0.717) is 6.42 Å². The molecule has 0 saturated carbocycles. The fourth-order valence-corrected chi connectivity index (χ4v) is 1.98. The molecule has 4 nitrogen and oxygen atoms in total. The Morgan fingerprint density at radius 2 is 2.36 bits per heavy atom. The maximum atomic E-state index is 11.8. The van der Waals surface area contributed by atoms with Crippen LogP contribution < -0.4 is 5.73 Å². The van der Waals surface area contributed by atoms with Crippen molar-refractivity contribution in [1.29, 1.82) is 0 Å². The van der Waals surface area contributed by atoms with Crippen LogP contribution in [-0.4, -0.2) is 21.6 Å². The average Bonchev–Trinajstić information content (AvgIpc) is 2.50. The molecule has 1 aliphatic heterocycles. The van der Waals surface area contributed by atoms with Crippen LogP contribution in [0, 0.1) is 6.92 Å². The molecule has 2 rings (SSSR count). The number of aryl methyl sites for hydroxylation is 2. The minimum atomic E-state index is -0.331. The van der Waals surface area contributed by atoms with Crippen LogP contribution in [0.4, 0.5) is 0 Å². The van der Waals surface area contributed by atoms with E-state index in [9.17, 15) is 4.79 Å². The highest BCUT2D eigenvalue weighted by atomic mass is 16.1. The number of nitrogens with zero attached hydrogens (tertiary/aromatic N) is 2. The van der Waals surface area contributed by atoms with Crippen molar-refractivity contribution in [2.24, 2.45) is 5.73 Å². The van der Waals surface area contributed by atoms with Crippen LogP contribution in [0.2, 0.25) is 0 Å². The van der Waals surface area contributed by atoms with Gasteiger partial charge in [0.1, 0.15) is 5.69 Å². The number of hydrogen-bond acceptors (Lipinski definition) is 3. The summed E-state index contributed by atoms with van der Waals surface area (Å²) in [6.07, 6.45) is 1.57. The first-order chi connectivity index (χ1) is 6.65. The predicted molar refractivity (Wildman–Crippen MR) is 53.3 cm³/mol. The van der Waals surface area contributed by atoms with Crippen molar-refractivity contribution in [3.8, 4) is 0 Å². The number of hydrogen-bond donors (Lipinski definition) is 1. The molecule has 0 spiro atoms. The van der Waals surface area contributed by atoms with Gasteiger partial charge in [0.05, 0.1) is 11.7 Å². The molecule has 14 heavy (non-hydrogen) atoms. The Hall–Kier alpha value is -1.16. The monoisotopic (exact) mass is 193 g/mol. The molecule has 0 saturated heterocycles. The van der Waals surface area contributed by atoms with Gasteiger partial charge >= 0.3 is 0 Å². The van der Waals surface area contributed by atoms with Gasteiger partial charge in [0.2, 0.25) is 0 Å². The largest absolute Gasteiger partial charge is 0.321 e. The molecule has 76 valence electrons. The van der Waals surface area contributed by atoms with Gasteiger partial charge in [-0.05, 0) is 19.8 Å². The zero-order valence-corrected chi connectivity index (χ0v) is 8.58. The van der Waals surface area contributed by atoms with Crippen molar-refractivity contribution in [2.45, 2.75) is 39.3 Å². The van der Waals surface area contributed by atoms with Crippen LogP contribution in [0.5, 0.6) is 0 Å². The van der Waals surface area contributed by atoms with E-state index in [1.54, 1.807) is 4.68 Å². The van der Waals surface area contributed by atoms with Gasteiger partial charge in [0.25, 0.3) is 0 Å². The molecule has 2 N–H and O–H groups in total. The van der Waals surface area contributed by atoms with E-state index >= 15 is 0 Å². The van der Waals surface area contributed by atoms with Crippen molar-refractivity contribution >= 4 is 5.78 Å². The topological polar surface area (TPSA) is 60.9 Å². The van der Waals surface area contributed by atoms with E-state index in [2.05, 4.69) is 5.10 Å². The van der Waals surface area contributed by atoms with Crippen LogP contribution in [0.3, 0.4) is 0 Å². The van der Waals surface area contributed by atoms with Crippen LogP contribution in [0.1, 0.15) is 35.1 Å². The minimum absolute atomic E-state index is 0.0425. The molecule has 1 aliphatic rings. The van der Waals surface area contributed by atoms with Crippen LogP contribution in [0.25, 0.3) is 0 Å². The lowest BCUT2D eigenvalue weighted by molar-refractivity contribution is 0.0924. The van der Waals surface area contributed by atoms with Gasteiger partial charge < -0.3 is 5.73 Å². The predicted octanol–water partition coefficient (Wildman–Crippen LogP) is 0.668. The number of fused-ring (bicyclic) bond motifs is 1. The highest BCUT2D eigenvalue weighted by molar-refractivity contribution is 6.00. The standard InChI is InChI=1S/C10H15N3O/c1-3-8-6(2)9-10(14)7(11)4-5-13(9)12-8/h7H,3-5,11H2,1-2H3. The Morgan fingerprint density at radius 3 is 3.00 bits per heavy atom. The minimum Gasteiger partial charge on any atom is -0.321 e. The van der Waals surface area contributed by atoms with Gasteiger partial charge in [-0.1, -0.05) is 6.92 Å². The second kappa shape index (κ2) is 3.20. The summed E-state index contributed by atoms with van der Waals surface area (Å²) in [5, 5.41) is 4.39. The molecule has 1 unspecified atom stereocenters. The fourth-order valence-electron chi connectivity index (χ4n) is 1.98. The van der Waals surface area contributed by atoms with Gasteiger partial charge in [-0.15, -0.1) is 0 Å². The molecule has 1 aromatic heterocycles. The lowest BCUT2D eigenvalue weighted by Crippen LogP contribution is -2.38. The van der Waals surface area contributed by atoms with Crippen molar-refractivity contribution in [2.75, 3.05) is 0 Å². The van der Waals surface area contributed by atoms with Crippen LogP contribution in [0.15, 0.2) is 0 Å². The number of ketones is 1. The second-order valence-corrected chi connectivity index (χ2v) is 3.76. The first kappa shape index (κ1) is 9.40. The normalized spacial score (nSPS) is 21.1. The molecule has 0 aliphatic carbocycles. The Balaban J connectivity index is 2.53. The third kappa shape index (κ3) is 1.18. The summed E-state index contributed by atoms with van der Waals surface area (Å²) < 4.78 is 1.81. The van der Waals surface area contributed by atoms with E-state index in [-0.39, 0.29) is 11.8 Å². The number of aromatic nitrogens is 2. The Labute approximate surface area is 83.1 Å². The molecular weight excluding hydrogens is 178 g/mol. The summed E-state index contributed by atoms with van der Waals surface area (Å²) >= 11 is 0. The number of rotatable bonds is 1. The average molecular weight is 193 g/mol. The number of carbonyl (C=O) groups excluding carboxylic acids is 1. The molecule has 4 heteroatoms. The molecule has 1 aromatic rings.